The van der Waals surface area contributed by atoms with Crippen LogP contribution in [0.3, 0.4) is 0 Å². The van der Waals surface area contributed by atoms with E-state index in [1.54, 1.807) is 0 Å². The average Bonchev–Trinajstić information content (AvgIpc) is 1.97. The smallest absolute Gasteiger partial charge is 0.406 e. The van der Waals surface area contributed by atoms with Gasteiger partial charge in [-0.1, -0.05) is 11.5 Å². The number of ether oxygens (including phenoxy) is 1. The average molecular weight is 240 g/mol. The number of hydrogen-bond donors (Lipinski definition) is 0. The maximum absolute atomic E-state index is 12.2. The molecule has 0 aliphatic rings. The Bertz CT molecular complexity index is 383. The van der Waals surface area contributed by atoms with Crippen LogP contribution in [0.15, 0.2) is 18.2 Å². The fourth-order valence-electron chi connectivity index (χ4n) is 0.978. The molecule has 0 saturated carbocycles. The Morgan fingerprint density at radius 3 is 1.94 bits per heavy atom. The lowest BCUT2D eigenvalue weighted by atomic mass is 9.94. The highest BCUT2D eigenvalue weighted by atomic mass is 19.4. The van der Waals surface area contributed by atoms with Crippen molar-refractivity contribution in [3.8, 4) is 5.75 Å². The van der Waals surface area contributed by atoms with Gasteiger partial charge in [0.05, 0.1) is 5.56 Å². The third kappa shape index (κ3) is 3.67. The molecule has 0 aromatic heterocycles. The van der Waals surface area contributed by atoms with Crippen molar-refractivity contribution < 1.29 is 31.1 Å². The van der Waals surface area contributed by atoms with Crippen LogP contribution in [0.1, 0.15) is 5.56 Å². The second-order valence-electron chi connectivity index (χ2n) is 2.84. The van der Waals surface area contributed by atoms with Crippen LogP contribution in [-0.2, 0) is 6.18 Å². The molecule has 0 aliphatic carbocycles. The summed E-state index contributed by atoms with van der Waals surface area (Å²) in [5.74, 6) is -1.00. The molecule has 86 valence electrons. The first-order valence-electron chi connectivity index (χ1n) is 3.81. The van der Waals surface area contributed by atoms with Crippen molar-refractivity contribution in [3.63, 3.8) is 0 Å². The standard InChI is InChI=1S/C8H3BF6O/c9-5-1-4(7(10,11)12)2-6(3-5)16-8(13,14)15/h1-3H. The van der Waals surface area contributed by atoms with E-state index in [9.17, 15) is 26.3 Å². The van der Waals surface area contributed by atoms with E-state index in [1.165, 1.54) is 0 Å². The number of rotatable bonds is 1. The predicted octanol–water partition coefficient (Wildman–Crippen LogP) is 2.40. The van der Waals surface area contributed by atoms with Crippen molar-refractivity contribution in [2.45, 2.75) is 12.5 Å². The summed E-state index contributed by atoms with van der Waals surface area (Å²) in [7, 11) is 5.03. The number of alkyl halides is 6. The molecule has 0 saturated heterocycles. The largest absolute Gasteiger partial charge is 0.573 e. The van der Waals surface area contributed by atoms with E-state index in [0.717, 1.165) is 0 Å². The molecule has 0 N–H and O–H groups in total. The summed E-state index contributed by atoms with van der Waals surface area (Å²) in [5.41, 5.74) is -1.76. The molecule has 0 spiro atoms. The van der Waals surface area contributed by atoms with Gasteiger partial charge in [0.25, 0.3) is 0 Å². The summed E-state index contributed by atoms with van der Waals surface area (Å²) in [4.78, 5) is 0. The van der Waals surface area contributed by atoms with Crippen molar-refractivity contribution in [1.82, 2.24) is 0 Å². The van der Waals surface area contributed by atoms with Crippen LogP contribution in [0, 0.1) is 0 Å². The zero-order valence-corrected chi connectivity index (χ0v) is 7.49. The van der Waals surface area contributed by atoms with Gasteiger partial charge in [0.15, 0.2) is 0 Å². The molecule has 8 heteroatoms. The van der Waals surface area contributed by atoms with Crippen LogP contribution in [0.25, 0.3) is 0 Å². The van der Waals surface area contributed by atoms with Gasteiger partial charge < -0.3 is 4.74 Å². The lowest BCUT2D eigenvalue weighted by Crippen LogP contribution is -2.19. The molecule has 2 radical (unpaired) electrons. The van der Waals surface area contributed by atoms with E-state index in [2.05, 4.69) is 4.74 Å². The molecule has 0 fully saturated rings. The maximum atomic E-state index is 12.2. The molecule has 0 aliphatic heterocycles. The Morgan fingerprint density at radius 2 is 1.50 bits per heavy atom. The molecular formula is C8H3BF6O. The number of benzene rings is 1. The van der Waals surface area contributed by atoms with Crippen molar-refractivity contribution >= 4 is 13.3 Å². The molecule has 1 rings (SSSR count). The first-order chi connectivity index (χ1) is 7.08. The molecular weight excluding hydrogens is 237 g/mol. The topological polar surface area (TPSA) is 9.23 Å². The molecule has 16 heavy (non-hydrogen) atoms. The molecule has 1 aromatic carbocycles. The van der Waals surface area contributed by atoms with Gasteiger partial charge in [-0.25, -0.2) is 0 Å². The first kappa shape index (κ1) is 12.7. The Kier molecular flexibility index (Phi) is 3.11. The van der Waals surface area contributed by atoms with Crippen LogP contribution in [0.4, 0.5) is 26.3 Å². The summed E-state index contributed by atoms with van der Waals surface area (Å²) in [5, 5.41) is 0. The Balaban J connectivity index is 3.09. The highest BCUT2D eigenvalue weighted by Gasteiger charge is 2.34. The SMILES string of the molecule is [B]c1cc(OC(F)(F)F)cc(C(F)(F)F)c1. The van der Waals surface area contributed by atoms with Gasteiger partial charge in [0, 0.05) is 0 Å². The number of halogens is 6. The molecule has 1 nitrogen and oxygen atoms in total. The van der Waals surface area contributed by atoms with Gasteiger partial charge in [-0.05, 0) is 12.1 Å². The minimum atomic E-state index is -5.06. The second kappa shape index (κ2) is 3.91. The van der Waals surface area contributed by atoms with Crippen molar-refractivity contribution in [2.75, 3.05) is 0 Å². The van der Waals surface area contributed by atoms with E-state index in [4.69, 9.17) is 7.85 Å². The predicted molar refractivity (Wildman–Crippen MR) is 43.5 cm³/mol. The van der Waals surface area contributed by atoms with Gasteiger partial charge in [-0.2, -0.15) is 13.2 Å². The minimum Gasteiger partial charge on any atom is -0.406 e. The van der Waals surface area contributed by atoms with Crippen LogP contribution >= 0.6 is 0 Å². The zero-order valence-electron chi connectivity index (χ0n) is 7.49. The third-order valence-electron chi connectivity index (χ3n) is 1.49. The quantitative estimate of drug-likeness (QED) is 0.540. The minimum absolute atomic E-state index is 0.226. The van der Waals surface area contributed by atoms with Gasteiger partial charge >= 0.3 is 12.5 Å². The van der Waals surface area contributed by atoms with Crippen LogP contribution in [-0.4, -0.2) is 14.2 Å². The summed E-state index contributed by atoms with van der Waals surface area (Å²) in [6.45, 7) is 0. The fraction of sp³-hybridized carbons (Fsp3) is 0.250. The summed E-state index contributed by atoms with van der Waals surface area (Å²) >= 11 is 0. The Labute approximate surface area is 87.4 Å². The van der Waals surface area contributed by atoms with Crippen LogP contribution in [0.2, 0.25) is 0 Å². The van der Waals surface area contributed by atoms with Crippen molar-refractivity contribution in [1.29, 1.82) is 0 Å². The molecule has 1 aromatic rings. The lowest BCUT2D eigenvalue weighted by Gasteiger charge is -2.13. The van der Waals surface area contributed by atoms with Crippen LogP contribution in [0.5, 0.6) is 5.75 Å². The molecule has 0 bridgehead atoms. The van der Waals surface area contributed by atoms with E-state index in [0.29, 0.717) is 12.1 Å². The molecule has 0 atom stereocenters. The van der Waals surface area contributed by atoms with Crippen molar-refractivity contribution in [3.05, 3.63) is 23.8 Å². The van der Waals surface area contributed by atoms with Gasteiger partial charge in [0.1, 0.15) is 13.6 Å². The summed E-state index contributed by atoms with van der Waals surface area (Å²) < 4.78 is 75.2. The van der Waals surface area contributed by atoms with Crippen molar-refractivity contribution in [2.24, 2.45) is 0 Å². The normalized spacial score (nSPS) is 12.6. The second-order valence-corrected chi connectivity index (χ2v) is 2.84. The van der Waals surface area contributed by atoms with E-state index < -0.39 is 29.3 Å². The van der Waals surface area contributed by atoms with E-state index in [-0.39, 0.29) is 6.07 Å². The fourth-order valence-corrected chi connectivity index (χ4v) is 0.978. The van der Waals surface area contributed by atoms with Gasteiger partial charge in [-0.15, -0.1) is 13.2 Å². The Hall–Kier alpha value is -1.34. The van der Waals surface area contributed by atoms with Gasteiger partial charge in [0.2, 0.25) is 0 Å². The molecule has 0 unspecified atom stereocenters. The monoisotopic (exact) mass is 240 g/mol. The highest BCUT2D eigenvalue weighted by molar-refractivity contribution is 6.32. The highest BCUT2D eigenvalue weighted by Crippen LogP contribution is 2.32. The molecule has 0 amide bonds. The summed E-state index contributed by atoms with van der Waals surface area (Å²) in [6.07, 6.45) is -9.84. The Morgan fingerprint density at radius 1 is 0.938 bits per heavy atom. The van der Waals surface area contributed by atoms with E-state index in [1.807, 2.05) is 0 Å². The summed E-state index contributed by atoms with van der Waals surface area (Å²) in [6, 6.07) is 1.40. The van der Waals surface area contributed by atoms with Crippen LogP contribution < -0.4 is 10.2 Å². The van der Waals surface area contributed by atoms with E-state index >= 15 is 0 Å². The maximum Gasteiger partial charge on any atom is 0.573 e. The molecule has 0 heterocycles. The number of hydrogen-bond acceptors (Lipinski definition) is 1. The lowest BCUT2D eigenvalue weighted by molar-refractivity contribution is -0.274. The van der Waals surface area contributed by atoms with Gasteiger partial charge in [-0.3, -0.25) is 0 Å². The first-order valence-corrected chi connectivity index (χ1v) is 3.81. The zero-order chi connectivity index (χ0) is 12.6. The third-order valence-corrected chi connectivity index (χ3v) is 1.49.